The quantitative estimate of drug-likeness (QED) is 0.854. The highest BCUT2D eigenvalue weighted by Crippen LogP contribution is 2.36. The van der Waals surface area contributed by atoms with E-state index >= 15 is 0 Å². The molecule has 5 nitrogen and oxygen atoms in total. The van der Waals surface area contributed by atoms with Crippen LogP contribution in [-0.2, 0) is 9.31 Å². The van der Waals surface area contributed by atoms with Crippen LogP contribution in [0.1, 0.15) is 51.9 Å². The standard InChI is InChI=1S/C18H28BNO4/c1-16(2,22)12-20(7)15(21)13-8-10-14(11-9-13)19-23-17(3,4)18(5,6)24-19/h8-11,22H,12H2,1-7H3. The van der Waals surface area contributed by atoms with Crippen LogP contribution in [-0.4, -0.2) is 53.4 Å². The third kappa shape index (κ3) is 3.99. The molecule has 1 aromatic rings. The van der Waals surface area contributed by atoms with Gasteiger partial charge in [-0.2, -0.15) is 0 Å². The van der Waals surface area contributed by atoms with Crippen molar-refractivity contribution in [3.63, 3.8) is 0 Å². The lowest BCUT2D eigenvalue weighted by Crippen LogP contribution is -2.41. The minimum atomic E-state index is -0.924. The van der Waals surface area contributed by atoms with Gasteiger partial charge in [-0.15, -0.1) is 0 Å². The maximum Gasteiger partial charge on any atom is 0.494 e. The number of aliphatic hydroxyl groups is 1. The predicted octanol–water partition coefficient (Wildman–Crippen LogP) is 1.83. The van der Waals surface area contributed by atoms with E-state index in [1.807, 2.05) is 39.8 Å². The molecule has 1 aliphatic heterocycles. The number of likely N-dealkylation sites (N-methyl/N-ethyl adjacent to an activating group) is 1. The molecule has 2 rings (SSSR count). The van der Waals surface area contributed by atoms with E-state index in [2.05, 4.69) is 0 Å². The molecule has 1 saturated heterocycles. The molecule has 1 fully saturated rings. The lowest BCUT2D eigenvalue weighted by molar-refractivity contribution is 0.00578. The van der Waals surface area contributed by atoms with Crippen LogP contribution in [0, 0.1) is 0 Å². The smallest absolute Gasteiger partial charge is 0.399 e. The number of nitrogens with zero attached hydrogens (tertiary/aromatic N) is 1. The summed E-state index contributed by atoms with van der Waals surface area (Å²) in [6.45, 7) is 11.7. The Morgan fingerprint density at radius 3 is 2.00 bits per heavy atom. The number of carbonyl (C=O) groups is 1. The van der Waals surface area contributed by atoms with Crippen molar-refractivity contribution < 1.29 is 19.2 Å². The molecular formula is C18H28BNO4. The zero-order valence-electron chi connectivity index (χ0n) is 15.7. The third-order valence-corrected chi connectivity index (χ3v) is 4.65. The van der Waals surface area contributed by atoms with Gasteiger partial charge in [-0.25, -0.2) is 0 Å². The fourth-order valence-electron chi connectivity index (χ4n) is 2.63. The minimum Gasteiger partial charge on any atom is -0.399 e. The zero-order valence-corrected chi connectivity index (χ0v) is 15.7. The molecule has 1 N–H and O–H groups in total. The highest BCUT2D eigenvalue weighted by molar-refractivity contribution is 6.62. The fourth-order valence-corrected chi connectivity index (χ4v) is 2.63. The summed E-state index contributed by atoms with van der Waals surface area (Å²) in [6.07, 6.45) is 0. The highest BCUT2D eigenvalue weighted by atomic mass is 16.7. The lowest BCUT2D eigenvalue weighted by atomic mass is 9.79. The molecule has 0 unspecified atom stereocenters. The average molecular weight is 333 g/mol. The van der Waals surface area contributed by atoms with E-state index in [0.29, 0.717) is 5.56 Å². The van der Waals surface area contributed by atoms with E-state index < -0.39 is 12.7 Å². The summed E-state index contributed by atoms with van der Waals surface area (Å²) in [5, 5.41) is 9.84. The number of amides is 1. The van der Waals surface area contributed by atoms with Gasteiger partial charge in [-0.05, 0) is 59.1 Å². The van der Waals surface area contributed by atoms with Gasteiger partial charge in [0.15, 0.2) is 0 Å². The van der Waals surface area contributed by atoms with E-state index in [9.17, 15) is 9.90 Å². The Bertz CT molecular complexity index is 588. The molecule has 132 valence electrons. The van der Waals surface area contributed by atoms with Crippen LogP contribution in [0.15, 0.2) is 24.3 Å². The van der Waals surface area contributed by atoms with E-state index in [1.165, 1.54) is 4.90 Å². The molecule has 0 atom stereocenters. The van der Waals surface area contributed by atoms with Crippen molar-refractivity contribution in [3.8, 4) is 0 Å². The van der Waals surface area contributed by atoms with Crippen LogP contribution in [0.3, 0.4) is 0 Å². The summed E-state index contributed by atoms with van der Waals surface area (Å²) in [4.78, 5) is 13.9. The molecule has 1 heterocycles. The van der Waals surface area contributed by atoms with Crippen molar-refractivity contribution in [3.05, 3.63) is 29.8 Å². The molecule has 1 amide bonds. The third-order valence-electron chi connectivity index (χ3n) is 4.65. The van der Waals surface area contributed by atoms with Crippen LogP contribution in [0.25, 0.3) is 0 Å². The molecule has 0 bridgehead atoms. The number of rotatable bonds is 4. The second kappa shape index (κ2) is 6.17. The Kier molecular flexibility index (Phi) is 4.88. The first-order valence-electron chi connectivity index (χ1n) is 8.26. The Hall–Kier alpha value is -1.37. The average Bonchev–Trinajstić information content (AvgIpc) is 2.65. The first kappa shape index (κ1) is 19.0. The van der Waals surface area contributed by atoms with Gasteiger partial charge in [0.1, 0.15) is 0 Å². The number of hydrogen-bond acceptors (Lipinski definition) is 4. The Labute approximate surface area is 145 Å². The van der Waals surface area contributed by atoms with Crippen LogP contribution in [0.4, 0.5) is 0 Å². The summed E-state index contributed by atoms with van der Waals surface area (Å²) >= 11 is 0. The molecule has 0 aliphatic carbocycles. The number of benzene rings is 1. The topological polar surface area (TPSA) is 59.0 Å². The Balaban J connectivity index is 2.10. The van der Waals surface area contributed by atoms with Gasteiger partial charge in [0.25, 0.3) is 5.91 Å². The van der Waals surface area contributed by atoms with Crippen LogP contribution >= 0.6 is 0 Å². The van der Waals surface area contributed by atoms with Crippen molar-refractivity contribution in [1.82, 2.24) is 4.90 Å². The van der Waals surface area contributed by atoms with Gasteiger partial charge in [0.05, 0.1) is 16.8 Å². The predicted molar refractivity (Wildman–Crippen MR) is 95.4 cm³/mol. The molecule has 1 aromatic carbocycles. The second-order valence-electron chi connectivity index (χ2n) is 8.18. The molecule has 1 aliphatic rings. The first-order valence-corrected chi connectivity index (χ1v) is 8.26. The summed E-state index contributed by atoms with van der Waals surface area (Å²) in [7, 11) is 1.25. The van der Waals surface area contributed by atoms with Crippen LogP contribution in [0.2, 0.25) is 0 Å². The molecule has 0 spiro atoms. The molecule has 24 heavy (non-hydrogen) atoms. The van der Waals surface area contributed by atoms with Crippen molar-refractivity contribution in [1.29, 1.82) is 0 Å². The van der Waals surface area contributed by atoms with Gasteiger partial charge in [0.2, 0.25) is 0 Å². The van der Waals surface area contributed by atoms with Gasteiger partial charge in [-0.1, -0.05) is 12.1 Å². The van der Waals surface area contributed by atoms with E-state index in [4.69, 9.17) is 9.31 Å². The largest absolute Gasteiger partial charge is 0.494 e. The van der Waals surface area contributed by atoms with E-state index in [-0.39, 0.29) is 23.7 Å². The number of hydrogen-bond donors (Lipinski definition) is 1. The normalized spacial score (nSPS) is 19.4. The zero-order chi connectivity index (χ0) is 18.3. The maximum absolute atomic E-state index is 12.4. The monoisotopic (exact) mass is 333 g/mol. The molecule has 6 heteroatoms. The van der Waals surface area contributed by atoms with E-state index in [0.717, 1.165) is 5.46 Å². The molecule has 0 aromatic heterocycles. The SMILES string of the molecule is CN(CC(C)(C)O)C(=O)c1ccc(B2OC(C)(C)C(C)(C)O2)cc1. The van der Waals surface area contributed by atoms with Crippen molar-refractivity contribution >= 4 is 18.5 Å². The Morgan fingerprint density at radius 1 is 1.12 bits per heavy atom. The summed E-state index contributed by atoms with van der Waals surface area (Å²) in [5.74, 6) is -0.127. The lowest BCUT2D eigenvalue weighted by Gasteiger charge is -2.32. The van der Waals surface area contributed by atoms with Gasteiger partial charge in [0, 0.05) is 19.2 Å². The summed E-state index contributed by atoms with van der Waals surface area (Å²) in [6, 6.07) is 7.24. The van der Waals surface area contributed by atoms with Crippen molar-refractivity contribution in [2.75, 3.05) is 13.6 Å². The van der Waals surface area contributed by atoms with Crippen LogP contribution in [0.5, 0.6) is 0 Å². The maximum atomic E-state index is 12.4. The van der Waals surface area contributed by atoms with Crippen molar-refractivity contribution in [2.24, 2.45) is 0 Å². The summed E-state index contributed by atoms with van der Waals surface area (Å²) < 4.78 is 12.0. The number of carbonyl (C=O) groups excluding carboxylic acids is 1. The molecule has 0 saturated carbocycles. The summed E-state index contributed by atoms with van der Waals surface area (Å²) in [5.41, 5.74) is -0.247. The van der Waals surface area contributed by atoms with Crippen LogP contribution < -0.4 is 5.46 Å². The second-order valence-corrected chi connectivity index (χ2v) is 8.18. The van der Waals surface area contributed by atoms with Crippen molar-refractivity contribution in [2.45, 2.75) is 58.3 Å². The Morgan fingerprint density at radius 2 is 1.58 bits per heavy atom. The fraction of sp³-hybridized carbons (Fsp3) is 0.611. The van der Waals surface area contributed by atoms with Gasteiger partial charge >= 0.3 is 7.12 Å². The molecule has 0 radical (unpaired) electrons. The molecular weight excluding hydrogens is 305 g/mol. The minimum absolute atomic E-state index is 0.127. The van der Waals surface area contributed by atoms with Gasteiger partial charge in [-0.3, -0.25) is 4.79 Å². The highest BCUT2D eigenvalue weighted by Gasteiger charge is 2.51. The first-order chi connectivity index (χ1) is 10.8. The van der Waals surface area contributed by atoms with Gasteiger partial charge < -0.3 is 19.3 Å². The van der Waals surface area contributed by atoms with E-state index in [1.54, 1.807) is 33.0 Å².